The van der Waals surface area contributed by atoms with Crippen molar-refractivity contribution in [3.05, 3.63) is 69.9 Å². The number of rotatable bonds is 5. The van der Waals surface area contributed by atoms with E-state index in [2.05, 4.69) is 27.5 Å². The third-order valence-corrected chi connectivity index (χ3v) is 5.80. The van der Waals surface area contributed by atoms with Crippen LogP contribution in [0.3, 0.4) is 0 Å². The molecular weight excluding hydrogens is 378 g/mol. The molecular formula is C20H19N3O4S. The Morgan fingerprint density at radius 3 is 2.82 bits per heavy atom. The molecule has 0 saturated carbocycles. The van der Waals surface area contributed by atoms with Gasteiger partial charge in [-0.1, -0.05) is 35.5 Å². The summed E-state index contributed by atoms with van der Waals surface area (Å²) in [6.45, 7) is 2.39. The summed E-state index contributed by atoms with van der Waals surface area (Å²) in [5, 5.41) is 6.81. The van der Waals surface area contributed by atoms with Crippen LogP contribution < -0.4 is 5.32 Å². The molecule has 1 aliphatic rings. The molecule has 0 unspecified atom stereocenters. The molecule has 8 heteroatoms. The van der Waals surface area contributed by atoms with Gasteiger partial charge in [0.05, 0.1) is 18.9 Å². The molecule has 1 aliphatic heterocycles. The van der Waals surface area contributed by atoms with Gasteiger partial charge in [-0.3, -0.25) is 9.69 Å². The van der Waals surface area contributed by atoms with Gasteiger partial charge in [0, 0.05) is 30.6 Å². The van der Waals surface area contributed by atoms with Gasteiger partial charge in [-0.05, 0) is 17.5 Å². The predicted molar refractivity (Wildman–Crippen MR) is 104 cm³/mol. The Morgan fingerprint density at radius 2 is 2.11 bits per heavy atom. The molecule has 1 N–H and O–H groups in total. The first-order valence-electron chi connectivity index (χ1n) is 8.87. The lowest BCUT2D eigenvalue weighted by Gasteiger charge is -2.27. The molecule has 3 heterocycles. The number of anilines is 1. The van der Waals surface area contributed by atoms with Gasteiger partial charge in [0.25, 0.3) is 5.91 Å². The van der Waals surface area contributed by atoms with Gasteiger partial charge < -0.3 is 14.6 Å². The van der Waals surface area contributed by atoms with E-state index in [4.69, 9.17) is 9.26 Å². The smallest absolute Gasteiger partial charge is 0.341 e. The third kappa shape index (κ3) is 3.69. The van der Waals surface area contributed by atoms with Crippen LogP contribution in [-0.2, 0) is 24.2 Å². The highest BCUT2D eigenvalue weighted by Gasteiger charge is 2.29. The molecule has 0 aliphatic carbocycles. The van der Waals surface area contributed by atoms with Crippen molar-refractivity contribution >= 4 is 28.2 Å². The van der Waals surface area contributed by atoms with E-state index in [0.29, 0.717) is 10.6 Å². The number of amides is 1. The van der Waals surface area contributed by atoms with Crippen molar-refractivity contribution in [3.63, 3.8) is 0 Å². The molecule has 0 radical (unpaired) electrons. The van der Waals surface area contributed by atoms with Crippen LogP contribution in [0.1, 0.15) is 36.9 Å². The van der Waals surface area contributed by atoms with Crippen molar-refractivity contribution < 1.29 is 18.8 Å². The second-order valence-electron chi connectivity index (χ2n) is 6.48. The summed E-state index contributed by atoms with van der Waals surface area (Å²) in [7, 11) is 1.35. The van der Waals surface area contributed by atoms with Crippen LogP contribution in [0, 0.1) is 0 Å². The molecule has 0 saturated heterocycles. The first-order valence-corrected chi connectivity index (χ1v) is 9.68. The summed E-state index contributed by atoms with van der Waals surface area (Å²) in [4.78, 5) is 28.1. The summed E-state index contributed by atoms with van der Waals surface area (Å²) in [6.07, 6.45) is 2.12. The van der Waals surface area contributed by atoms with Crippen LogP contribution in [-0.4, -0.2) is 35.6 Å². The largest absolute Gasteiger partial charge is 0.465 e. The average molecular weight is 397 g/mol. The summed E-state index contributed by atoms with van der Waals surface area (Å²) >= 11 is 1.41. The number of benzene rings is 1. The van der Waals surface area contributed by atoms with Crippen LogP contribution in [0.5, 0.6) is 0 Å². The summed E-state index contributed by atoms with van der Waals surface area (Å²) in [6, 6.07) is 11.7. The number of ether oxygens (including phenoxy) is 1. The molecule has 4 rings (SSSR count). The van der Waals surface area contributed by atoms with E-state index in [9.17, 15) is 9.59 Å². The summed E-state index contributed by atoms with van der Waals surface area (Å²) in [5.74, 6) is -0.794. The molecule has 0 bridgehead atoms. The normalized spacial score (nSPS) is 13.8. The summed E-state index contributed by atoms with van der Waals surface area (Å²) < 4.78 is 9.86. The molecule has 0 atom stereocenters. The highest BCUT2D eigenvalue weighted by atomic mass is 32.1. The highest BCUT2D eigenvalue weighted by molar-refractivity contribution is 7.17. The van der Waals surface area contributed by atoms with E-state index in [1.54, 1.807) is 0 Å². The number of hydrogen-bond donors (Lipinski definition) is 1. The van der Waals surface area contributed by atoms with Crippen molar-refractivity contribution in [1.29, 1.82) is 0 Å². The minimum Gasteiger partial charge on any atom is -0.465 e. The standard InChI is InChI=1S/C20H19N3O4S/c1-26-20(25)17-14-8-10-23(11-13-5-3-2-4-6-13)12-16(14)28-19(17)22-18(24)15-7-9-21-27-15/h2-7,9H,8,10-12H2,1H3,(H,22,24). The number of methoxy groups -OCH3 is 1. The second-order valence-corrected chi connectivity index (χ2v) is 7.58. The fourth-order valence-electron chi connectivity index (χ4n) is 3.34. The van der Waals surface area contributed by atoms with Gasteiger partial charge in [-0.2, -0.15) is 0 Å². The van der Waals surface area contributed by atoms with Crippen LogP contribution in [0.2, 0.25) is 0 Å². The average Bonchev–Trinajstić information content (AvgIpc) is 3.36. The maximum absolute atomic E-state index is 12.4. The maximum atomic E-state index is 12.4. The van der Waals surface area contributed by atoms with E-state index in [1.807, 2.05) is 18.2 Å². The lowest BCUT2D eigenvalue weighted by Crippen LogP contribution is -2.29. The molecule has 3 aromatic rings. The molecule has 1 amide bonds. The lowest BCUT2D eigenvalue weighted by atomic mass is 10.0. The fraction of sp³-hybridized carbons (Fsp3) is 0.250. The molecule has 0 spiro atoms. The van der Waals surface area contributed by atoms with Crippen LogP contribution in [0.15, 0.2) is 47.1 Å². The number of nitrogens with one attached hydrogen (secondary N) is 1. The first-order chi connectivity index (χ1) is 13.7. The molecule has 0 fully saturated rings. The van der Waals surface area contributed by atoms with E-state index < -0.39 is 11.9 Å². The minimum absolute atomic E-state index is 0.0906. The van der Waals surface area contributed by atoms with E-state index in [0.717, 1.165) is 36.5 Å². The zero-order valence-electron chi connectivity index (χ0n) is 15.3. The Hall–Kier alpha value is -2.97. The van der Waals surface area contributed by atoms with E-state index in [-0.39, 0.29) is 5.76 Å². The van der Waals surface area contributed by atoms with Gasteiger partial charge >= 0.3 is 5.97 Å². The summed E-state index contributed by atoms with van der Waals surface area (Å²) in [5.41, 5.74) is 2.64. The van der Waals surface area contributed by atoms with Gasteiger partial charge in [-0.15, -0.1) is 11.3 Å². The van der Waals surface area contributed by atoms with Gasteiger partial charge in [0.15, 0.2) is 0 Å². The Bertz CT molecular complexity index is 983. The van der Waals surface area contributed by atoms with Crippen molar-refractivity contribution in [2.45, 2.75) is 19.5 Å². The Labute approximate surface area is 165 Å². The van der Waals surface area contributed by atoms with E-state index >= 15 is 0 Å². The molecule has 2 aromatic heterocycles. The number of hydrogen-bond acceptors (Lipinski definition) is 7. The molecule has 1 aromatic carbocycles. The Balaban J connectivity index is 1.59. The monoisotopic (exact) mass is 397 g/mol. The zero-order valence-corrected chi connectivity index (χ0v) is 16.1. The van der Waals surface area contributed by atoms with Crippen LogP contribution >= 0.6 is 11.3 Å². The van der Waals surface area contributed by atoms with Gasteiger partial charge in [-0.25, -0.2) is 4.79 Å². The number of thiophene rings is 1. The van der Waals surface area contributed by atoms with Crippen molar-refractivity contribution in [2.24, 2.45) is 0 Å². The minimum atomic E-state index is -0.443. The fourth-order valence-corrected chi connectivity index (χ4v) is 4.61. The Morgan fingerprint density at radius 1 is 1.29 bits per heavy atom. The molecule has 28 heavy (non-hydrogen) atoms. The molecule has 7 nitrogen and oxygen atoms in total. The van der Waals surface area contributed by atoms with E-state index in [1.165, 1.54) is 36.3 Å². The van der Waals surface area contributed by atoms with Crippen molar-refractivity contribution in [3.8, 4) is 0 Å². The number of carbonyl (C=O) groups excluding carboxylic acids is 2. The number of aromatic nitrogens is 1. The number of carbonyl (C=O) groups is 2. The van der Waals surface area contributed by atoms with Gasteiger partial charge in [0.2, 0.25) is 5.76 Å². The zero-order chi connectivity index (χ0) is 19.5. The van der Waals surface area contributed by atoms with Crippen LogP contribution in [0.25, 0.3) is 0 Å². The highest BCUT2D eigenvalue weighted by Crippen LogP contribution is 2.38. The SMILES string of the molecule is COC(=O)c1c(NC(=O)c2ccno2)sc2c1CCN(Cc1ccccc1)C2. The molecule has 144 valence electrons. The third-order valence-electron chi connectivity index (χ3n) is 4.66. The number of fused-ring (bicyclic) bond motifs is 1. The topological polar surface area (TPSA) is 84.7 Å². The number of nitrogens with zero attached hydrogens (tertiary/aromatic N) is 2. The maximum Gasteiger partial charge on any atom is 0.341 e. The number of esters is 1. The predicted octanol–water partition coefficient (Wildman–Crippen LogP) is 3.33. The van der Waals surface area contributed by atoms with Crippen molar-refractivity contribution in [1.82, 2.24) is 10.1 Å². The van der Waals surface area contributed by atoms with Crippen molar-refractivity contribution in [2.75, 3.05) is 19.0 Å². The quantitative estimate of drug-likeness (QED) is 0.665. The second kappa shape index (κ2) is 7.95. The first kappa shape index (κ1) is 18.4. The van der Waals surface area contributed by atoms with Gasteiger partial charge in [0.1, 0.15) is 5.00 Å². The Kier molecular flexibility index (Phi) is 5.23. The lowest BCUT2D eigenvalue weighted by molar-refractivity contribution is 0.0600. The van der Waals surface area contributed by atoms with Crippen LogP contribution in [0.4, 0.5) is 5.00 Å².